The SMILES string of the molecule is O=CCC1CCCC(=O)C1C(=O)NCCc1c[nH]c2ccccc12. The Balaban J connectivity index is 1.60. The van der Waals surface area contributed by atoms with Gasteiger partial charge < -0.3 is 15.1 Å². The number of hydrogen-bond acceptors (Lipinski definition) is 3. The molecule has 1 amide bonds. The molecule has 24 heavy (non-hydrogen) atoms. The zero-order valence-corrected chi connectivity index (χ0v) is 13.6. The monoisotopic (exact) mass is 326 g/mol. The van der Waals surface area contributed by atoms with Crippen molar-refractivity contribution in [3.8, 4) is 0 Å². The Bertz CT molecular complexity index is 750. The van der Waals surface area contributed by atoms with Gasteiger partial charge in [-0.25, -0.2) is 0 Å². The first-order chi connectivity index (χ1) is 11.7. The van der Waals surface area contributed by atoms with E-state index in [4.69, 9.17) is 0 Å². The van der Waals surface area contributed by atoms with E-state index in [1.54, 1.807) is 0 Å². The minimum atomic E-state index is -0.660. The Kier molecular flexibility index (Phi) is 5.08. The van der Waals surface area contributed by atoms with Crippen molar-refractivity contribution in [3.05, 3.63) is 36.0 Å². The summed E-state index contributed by atoms with van der Waals surface area (Å²) in [6.07, 6.45) is 5.74. The van der Waals surface area contributed by atoms with Gasteiger partial charge in [0.05, 0.1) is 5.92 Å². The number of rotatable bonds is 6. The maximum absolute atomic E-state index is 12.4. The number of aldehydes is 1. The molecule has 126 valence electrons. The molecular formula is C19H22N2O3. The molecule has 0 saturated heterocycles. The van der Waals surface area contributed by atoms with Crippen molar-refractivity contribution in [1.29, 1.82) is 0 Å². The molecule has 1 aromatic carbocycles. The van der Waals surface area contributed by atoms with Gasteiger partial charge >= 0.3 is 0 Å². The Morgan fingerprint density at radius 3 is 3.00 bits per heavy atom. The fourth-order valence-corrected chi connectivity index (χ4v) is 3.63. The van der Waals surface area contributed by atoms with Gasteiger partial charge in [-0.05, 0) is 36.8 Å². The highest BCUT2D eigenvalue weighted by atomic mass is 16.2. The first-order valence-corrected chi connectivity index (χ1v) is 8.49. The van der Waals surface area contributed by atoms with Gasteiger partial charge in [0.25, 0.3) is 0 Å². The minimum Gasteiger partial charge on any atom is -0.361 e. The number of aromatic amines is 1. The van der Waals surface area contributed by atoms with Gasteiger partial charge in [0, 0.05) is 36.5 Å². The number of Topliss-reactive ketones (excluding diaryl/α,β-unsaturated/α-hetero) is 1. The molecule has 1 aliphatic carbocycles. The number of amides is 1. The molecule has 1 saturated carbocycles. The molecule has 2 aromatic rings. The number of hydrogen-bond donors (Lipinski definition) is 2. The van der Waals surface area contributed by atoms with Gasteiger partial charge in [-0.3, -0.25) is 9.59 Å². The Labute approximate surface area is 140 Å². The number of carbonyl (C=O) groups excluding carboxylic acids is 3. The van der Waals surface area contributed by atoms with Gasteiger partial charge in [0.1, 0.15) is 12.1 Å². The number of benzene rings is 1. The normalized spacial score (nSPS) is 20.9. The van der Waals surface area contributed by atoms with Crippen LogP contribution < -0.4 is 5.32 Å². The largest absolute Gasteiger partial charge is 0.361 e. The number of aromatic nitrogens is 1. The Morgan fingerprint density at radius 2 is 2.17 bits per heavy atom. The third kappa shape index (κ3) is 3.40. The maximum Gasteiger partial charge on any atom is 0.230 e. The van der Waals surface area contributed by atoms with Crippen LogP contribution in [0, 0.1) is 11.8 Å². The number of nitrogens with one attached hydrogen (secondary N) is 2. The van der Waals surface area contributed by atoms with Gasteiger partial charge in [0.2, 0.25) is 5.91 Å². The second kappa shape index (κ2) is 7.43. The fraction of sp³-hybridized carbons (Fsp3) is 0.421. The topological polar surface area (TPSA) is 79.0 Å². The van der Waals surface area contributed by atoms with E-state index in [9.17, 15) is 14.4 Å². The van der Waals surface area contributed by atoms with Crippen molar-refractivity contribution in [2.24, 2.45) is 11.8 Å². The average Bonchev–Trinajstić information content (AvgIpc) is 2.99. The standard InChI is InChI=1S/C19H22N2O3/c22-11-9-13-4-3-7-17(23)18(13)19(24)20-10-8-14-12-21-16-6-2-1-5-15(14)16/h1-2,5-6,11-13,18,21H,3-4,7-10H2,(H,20,24). The molecule has 2 atom stereocenters. The highest BCUT2D eigenvalue weighted by Gasteiger charge is 2.36. The lowest BCUT2D eigenvalue weighted by molar-refractivity contribution is -0.138. The molecule has 2 unspecified atom stereocenters. The summed E-state index contributed by atoms with van der Waals surface area (Å²) in [7, 11) is 0. The maximum atomic E-state index is 12.4. The molecule has 1 fully saturated rings. The highest BCUT2D eigenvalue weighted by molar-refractivity contribution is 6.02. The summed E-state index contributed by atoms with van der Waals surface area (Å²) in [5, 5.41) is 4.04. The van der Waals surface area contributed by atoms with E-state index >= 15 is 0 Å². The number of H-pyrrole nitrogens is 1. The van der Waals surface area contributed by atoms with Crippen molar-refractivity contribution in [1.82, 2.24) is 10.3 Å². The smallest absolute Gasteiger partial charge is 0.230 e. The average molecular weight is 326 g/mol. The molecule has 1 aromatic heterocycles. The van der Waals surface area contributed by atoms with E-state index in [1.807, 2.05) is 30.5 Å². The van der Waals surface area contributed by atoms with Gasteiger partial charge in [-0.1, -0.05) is 18.2 Å². The van der Waals surface area contributed by atoms with Crippen LogP contribution in [0.4, 0.5) is 0 Å². The third-order valence-electron chi connectivity index (χ3n) is 4.87. The predicted molar refractivity (Wildman–Crippen MR) is 91.5 cm³/mol. The van der Waals surface area contributed by atoms with Crippen LogP contribution in [0.5, 0.6) is 0 Å². The summed E-state index contributed by atoms with van der Waals surface area (Å²) in [6, 6.07) is 8.03. The van der Waals surface area contributed by atoms with Gasteiger partial charge in [-0.2, -0.15) is 0 Å². The second-order valence-electron chi connectivity index (χ2n) is 6.40. The minimum absolute atomic E-state index is 0.0299. The summed E-state index contributed by atoms with van der Waals surface area (Å²) < 4.78 is 0. The number of fused-ring (bicyclic) bond motifs is 1. The second-order valence-corrected chi connectivity index (χ2v) is 6.40. The van der Waals surface area contributed by atoms with Crippen LogP contribution in [0.15, 0.2) is 30.5 Å². The molecular weight excluding hydrogens is 304 g/mol. The van der Waals surface area contributed by atoms with Crippen LogP contribution in [0.3, 0.4) is 0 Å². The zero-order valence-electron chi connectivity index (χ0n) is 13.6. The van der Waals surface area contributed by atoms with E-state index in [-0.39, 0.29) is 24.0 Å². The van der Waals surface area contributed by atoms with Crippen molar-refractivity contribution >= 4 is 28.9 Å². The van der Waals surface area contributed by atoms with Crippen molar-refractivity contribution < 1.29 is 14.4 Å². The summed E-state index contributed by atoms with van der Waals surface area (Å²) in [4.78, 5) is 38.5. The molecule has 1 heterocycles. The van der Waals surface area contributed by atoms with E-state index in [2.05, 4.69) is 10.3 Å². The summed E-state index contributed by atoms with van der Waals surface area (Å²) in [5.74, 6) is -1.06. The lowest BCUT2D eigenvalue weighted by Gasteiger charge is -2.28. The molecule has 0 bridgehead atoms. The number of ketones is 1. The Hall–Kier alpha value is -2.43. The van der Waals surface area contributed by atoms with Gasteiger partial charge in [-0.15, -0.1) is 0 Å². The zero-order chi connectivity index (χ0) is 16.9. The van der Waals surface area contributed by atoms with Crippen molar-refractivity contribution in [2.75, 3.05) is 6.54 Å². The molecule has 2 N–H and O–H groups in total. The lowest BCUT2D eigenvalue weighted by Crippen LogP contribution is -2.42. The molecule has 5 heteroatoms. The quantitative estimate of drug-likeness (QED) is 0.632. The van der Waals surface area contributed by atoms with E-state index in [0.29, 0.717) is 19.4 Å². The third-order valence-corrected chi connectivity index (χ3v) is 4.87. The predicted octanol–water partition coefficient (Wildman–Crippen LogP) is 2.40. The summed E-state index contributed by atoms with van der Waals surface area (Å²) >= 11 is 0. The van der Waals surface area contributed by atoms with E-state index in [1.165, 1.54) is 0 Å². The van der Waals surface area contributed by atoms with Crippen LogP contribution in [0.2, 0.25) is 0 Å². The van der Waals surface area contributed by atoms with Crippen LogP contribution in [-0.2, 0) is 20.8 Å². The van der Waals surface area contributed by atoms with Crippen molar-refractivity contribution in [2.45, 2.75) is 32.1 Å². The van der Waals surface area contributed by atoms with E-state index in [0.717, 1.165) is 35.6 Å². The molecule has 0 spiro atoms. The van der Waals surface area contributed by atoms with Crippen LogP contribution >= 0.6 is 0 Å². The van der Waals surface area contributed by atoms with Gasteiger partial charge in [0.15, 0.2) is 0 Å². The number of para-hydroxylation sites is 1. The number of carbonyl (C=O) groups is 3. The molecule has 0 radical (unpaired) electrons. The van der Waals surface area contributed by atoms with Crippen molar-refractivity contribution in [3.63, 3.8) is 0 Å². The first-order valence-electron chi connectivity index (χ1n) is 8.49. The van der Waals surface area contributed by atoms with Crippen LogP contribution in [-0.4, -0.2) is 29.5 Å². The van der Waals surface area contributed by atoms with Crippen LogP contribution in [0.25, 0.3) is 10.9 Å². The highest BCUT2D eigenvalue weighted by Crippen LogP contribution is 2.29. The molecule has 5 nitrogen and oxygen atoms in total. The van der Waals surface area contributed by atoms with E-state index < -0.39 is 5.92 Å². The van der Waals surface area contributed by atoms with Crippen LogP contribution in [0.1, 0.15) is 31.2 Å². The summed E-state index contributed by atoms with van der Waals surface area (Å²) in [6.45, 7) is 0.484. The molecule has 0 aliphatic heterocycles. The fourth-order valence-electron chi connectivity index (χ4n) is 3.63. The summed E-state index contributed by atoms with van der Waals surface area (Å²) in [5.41, 5.74) is 2.22. The lowest BCUT2D eigenvalue weighted by atomic mass is 9.76. The molecule has 1 aliphatic rings. The first kappa shape index (κ1) is 16.4. The molecule has 3 rings (SSSR count). The Morgan fingerprint density at radius 1 is 1.33 bits per heavy atom.